The van der Waals surface area contributed by atoms with Crippen LogP contribution >= 0.6 is 0 Å². The molecule has 132 valence electrons. The van der Waals surface area contributed by atoms with Gasteiger partial charge in [0.1, 0.15) is 18.3 Å². The van der Waals surface area contributed by atoms with Crippen molar-refractivity contribution in [3.63, 3.8) is 0 Å². The molecule has 0 radical (unpaired) electrons. The summed E-state index contributed by atoms with van der Waals surface area (Å²) in [6, 6.07) is 13.7. The van der Waals surface area contributed by atoms with Gasteiger partial charge in [0, 0.05) is 31.0 Å². The Kier molecular flexibility index (Phi) is 5.64. The van der Waals surface area contributed by atoms with Gasteiger partial charge in [-0.2, -0.15) is 0 Å². The molecule has 1 saturated heterocycles. The molecule has 2 aromatic rings. The molecule has 6 heteroatoms. The van der Waals surface area contributed by atoms with Crippen molar-refractivity contribution in [2.24, 2.45) is 0 Å². The molecule has 0 bridgehead atoms. The normalized spacial score (nSPS) is 14.6. The maximum absolute atomic E-state index is 8.80. The molecule has 4 N–H and O–H groups in total. The molecule has 0 aromatic heterocycles. The molecule has 0 atom stereocenters. The van der Waals surface area contributed by atoms with Gasteiger partial charge in [0.2, 0.25) is 0 Å². The second-order valence-corrected chi connectivity index (χ2v) is 5.74. The monoisotopic (exact) mass is 341 g/mol. The maximum atomic E-state index is 8.80. The summed E-state index contributed by atoms with van der Waals surface area (Å²) in [5.41, 5.74) is 9.70. The number of rotatable bonds is 6. The van der Waals surface area contributed by atoms with Gasteiger partial charge >= 0.3 is 0 Å². The minimum Gasteiger partial charge on any atom is -0.512 e. The van der Waals surface area contributed by atoms with Crippen LogP contribution < -0.4 is 20.7 Å². The number of ether oxygens (including phenoxy) is 2. The Morgan fingerprint density at radius 3 is 2.80 bits per heavy atom. The summed E-state index contributed by atoms with van der Waals surface area (Å²) >= 11 is 0. The highest BCUT2D eigenvalue weighted by Crippen LogP contribution is 2.29. The number of aliphatic hydroxyl groups excluding tert-OH is 1. The minimum atomic E-state index is 0.600. The first-order valence-corrected chi connectivity index (χ1v) is 8.28. The first kappa shape index (κ1) is 17.0. The van der Waals surface area contributed by atoms with Crippen LogP contribution in [0, 0.1) is 0 Å². The van der Waals surface area contributed by atoms with Gasteiger partial charge in [-0.15, -0.1) is 0 Å². The summed E-state index contributed by atoms with van der Waals surface area (Å²) in [4.78, 5) is 2.34. The molecule has 1 heterocycles. The van der Waals surface area contributed by atoms with Crippen molar-refractivity contribution in [2.75, 3.05) is 42.3 Å². The number of aliphatic hydroxyl groups is 1. The van der Waals surface area contributed by atoms with Crippen molar-refractivity contribution in [3.8, 4) is 5.75 Å². The highest BCUT2D eigenvalue weighted by Gasteiger charge is 2.14. The van der Waals surface area contributed by atoms with Gasteiger partial charge < -0.3 is 30.5 Å². The van der Waals surface area contributed by atoms with Crippen LogP contribution in [0.25, 0.3) is 0 Å². The number of morpholine rings is 1. The molecule has 6 nitrogen and oxygen atoms in total. The van der Waals surface area contributed by atoms with E-state index in [2.05, 4.69) is 28.4 Å². The van der Waals surface area contributed by atoms with Gasteiger partial charge in [0.05, 0.1) is 18.9 Å². The fraction of sp³-hybridized carbons (Fsp3) is 0.263. The number of nitrogens with two attached hydrogens (primary N) is 1. The summed E-state index contributed by atoms with van der Waals surface area (Å²) in [7, 11) is 0. The highest BCUT2D eigenvalue weighted by molar-refractivity contribution is 5.64. The lowest BCUT2D eigenvalue weighted by Crippen LogP contribution is -2.36. The minimum absolute atomic E-state index is 0.600. The average Bonchev–Trinajstić information content (AvgIpc) is 2.66. The first-order valence-electron chi connectivity index (χ1n) is 8.28. The lowest BCUT2D eigenvalue weighted by molar-refractivity contribution is 0.122. The van der Waals surface area contributed by atoms with E-state index in [1.54, 1.807) is 12.1 Å². The average molecular weight is 341 g/mol. The van der Waals surface area contributed by atoms with Crippen LogP contribution in [0.15, 0.2) is 55.0 Å². The van der Waals surface area contributed by atoms with E-state index in [1.807, 2.05) is 12.1 Å². The standard InChI is InChI=1S/C19H23N3O3/c20-16-5-6-19(25-12-9-23)17(13-16)21-14-15-3-1-2-4-18(15)22-7-10-24-11-8-22/h1-6,9,12-13,21,23H,7-8,10-11,14,20H2. The van der Waals surface area contributed by atoms with Crippen molar-refractivity contribution in [2.45, 2.75) is 6.54 Å². The van der Waals surface area contributed by atoms with Crippen molar-refractivity contribution in [1.82, 2.24) is 0 Å². The van der Waals surface area contributed by atoms with E-state index < -0.39 is 0 Å². The molecule has 2 aromatic carbocycles. The number of anilines is 3. The van der Waals surface area contributed by atoms with Crippen LogP contribution in [0.4, 0.5) is 17.1 Å². The van der Waals surface area contributed by atoms with Crippen LogP contribution in [0.1, 0.15) is 5.56 Å². The van der Waals surface area contributed by atoms with Gasteiger partial charge in [-0.1, -0.05) is 18.2 Å². The first-order chi connectivity index (χ1) is 12.3. The Balaban J connectivity index is 1.77. The number of benzene rings is 2. The van der Waals surface area contributed by atoms with E-state index in [-0.39, 0.29) is 0 Å². The highest BCUT2D eigenvalue weighted by atomic mass is 16.5. The Bertz CT molecular complexity index is 728. The Morgan fingerprint density at radius 2 is 2.00 bits per heavy atom. The van der Waals surface area contributed by atoms with E-state index in [9.17, 15) is 0 Å². The van der Waals surface area contributed by atoms with Crippen LogP contribution in [0.5, 0.6) is 5.75 Å². The maximum Gasteiger partial charge on any atom is 0.149 e. The third kappa shape index (κ3) is 4.36. The summed E-state index contributed by atoms with van der Waals surface area (Å²) in [6.45, 7) is 3.93. The zero-order valence-electron chi connectivity index (χ0n) is 14.0. The molecule has 0 amide bonds. The smallest absolute Gasteiger partial charge is 0.149 e. The van der Waals surface area contributed by atoms with E-state index in [0.29, 0.717) is 18.0 Å². The van der Waals surface area contributed by atoms with Gasteiger partial charge in [-0.05, 0) is 29.8 Å². The summed E-state index contributed by atoms with van der Waals surface area (Å²) in [5.74, 6) is 0.600. The molecular formula is C19H23N3O3. The topological polar surface area (TPSA) is 80.0 Å². The number of nitrogen functional groups attached to an aromatic ring is 1. The van der Waals surface area contributed by atoms with Crippen LogP contribution in [-0.2, 0) is 11.3 Å². The molecule has 0 unspecified atom stereocenters. The fourth-order valence-corrected chi connectivity index (χ4v) is 2.86. The van der Waals surface area contributed by atoms with Crippen LogP contribution in [-0.4, -0.2) is 31.4 Å². The summed E-state index contributed by atoms with van der Waals surface area (Å²) < 4.78 is 10.8. The third-order valence-electron chi connectivity index (χ3n) is 4.07. The molecule has 25 heavy (non-hydrogen) atoms. The van der Waals surface area contributed by atoms with Gasteiger partial charge in [0.25, 0.3) is 0 Å². The SMILES string of the molecule is Nc1ccc(OC=CO)c(NCc2ccccc2N2CCOCC2)c1. The largest absolute Gasteiger partial charge is 0.512 e. The summed E-state index contributed by atoms with van der Waals surface area (Å²) in [5, 5.41) is 12.2. The quantitative estimate of drug-likeness (QED) is 0.553. The van der Waals surface area contributed by atoms with Gasteiger partial charge in [-0.3, -0.25) is 0 Å². The number of hydrogen-bond donors (Lipinski definition) is 3. The van der Waals surface area contributed by atoms with Gasteiger partial charge in [-0.25, -0.2) is 0 Å². The van der Waals surface area contributed by atoms with Crippen LogP contribution in [0.3, 0.4) is 0 Å². The number of nitrogens with one attached hydrogen (secondary N) is 1. The molecule has 0 spiro atoms. The number of hydrogen-bond acceptors (Lipinski definition) is 6. The van der Waals surface area contributed by atoms with Crippen molar-refractivity contribution in [1.29, 1.82) is 0 Å². The fourth-order valence-electron chi connectivity index (χ4n) is 2.86. The van der Waals surface area contributed by atoms with Crippen molar-refractivity contribution < 1.29 is 14.6 Å². The van der Waals surface area contributed by atoms with E-state index in [1.165, 1.54) is 17.5 Å². The third-order valence-corrected chi connectivity index (χ3v) is 4.07. The molecule has 1 aliphatic rings. The summed E-state index contributed by atoms with van der Waals surface area (Å²) in [6.07, 6.45) is 2.08. The van der Waals surface area contributed by atoms with Crippen molar-refractivity contribution >= 4 is 17.1 Å². The zero-order valence-corrected chi connectivity index (χ0v) is 14.0. The van der Waals surface area contributed by atoms with E-state index in [4.69, 9.17) is 20.3 Å². The van der Waals surface area contributed by atoms with Crippen LogP contribution in [0.2, 0.25) is 0 Å². The predicted octanol–water partition coefficient (Wildman–Crippen LogP) is 3.13. The van der Waals surface area contributed by atoms with E-state index >= 15 is 0 Å². The second kappa shape index (κ2) is 8.30. The predicted molar refractivity (Wildman–Crippen MR) is 100 cm³/mol. The lowest BCUT2D eigenvalue weighted by atomic mass is 10.1. The second-order valence-electron chi connectivity index (χ2n) is 5.74. The van der Waals surface area contributed by atoms with Gasteiger partial charge in [0.15, 0.2) is 0 Å². The number of nitrogens with zero attached hydrogens (tertiary/aromatic N) is 1. The zero-order chi connectivity index (χ0) is 17.5. The Hall–Kier alpha value is -2.86. The van der Waals surface area contributed by atoms with Crippen molar-refractivity contribution in [3.05, 3.63) is 60.6 Å². The Labute approximate surface area is 147 Å². The molecule has 1 aliphatic heterocycles. The molecule has 1 fully saturated rings. The molecular weight excluding hydrogens is 318 g/mol. The molecule has 0 aliphatic carbocycles. The molecule has 3 rings (SSSR count). The van der Waals surface area contributed by atoms with E-state index in [0.717, 1.165) is 38.3 Å². The number of para-hydroxylation sites is 1. The molecule has 0 saturated carbocycles. The lowest BCUT2D eigenvalue weighted by Gasteiger charge is -2.30. The Morgan fingerprint density at radius 1 is 1.20 bits per heavy atom.